The number of pyridine rings is 1. The second-order valence-electron chi connectivity index (χ2n) is 4.01. The van der Waals surface area contributed by atoms with Crippen LogP contribution in [-0.2, 0) is 0 Å². The average molecular weight is 291 g/mol. The van der Waals surface area contributed by atoms with Crippen LogP contribution in [0.4, 0.5) is 5.69 Å². The smallest absolute Gasteiger partial charge is 0.196 e. The Morgan fingerprint density at radius 2 is 2.18 bits per heavy atom. The van der Waals surface area contributed by atoms with E-state index >= 15 is 0 Å². The number of nitrogens with zero attached hydrogens (tertiary/aromatic N) is 1. The molecule has 0 aliphatic carbocycles. The van der Waals surface area contributed by atoms with Crippen LogP contribution in [0.15, 0.2) is 41.0 Å². The predicted octanol–water partition coefficient (Wildman–Crippen LogP) is 3.66. The normalized spacial score (nSPS) is 17.2. The fourth-order valence-electron chi connectivity index (χ4n) is 1.90. The molecule has 3 rings (SSSR count). The van der Waals surface area contributed by atoms with E-state index in [0.29, 0.717) is 0 Å². The lowest BCUT2D eigenvalue weighted by molar-refractivity contribution is 0.259. The third kappa shape index (κ3) is 2.00. The van der Waals surface area contributed by atoms with Crippen molar-refractivity contribution in [1.82, 2.24) is 4.98 Å². The lowest BCUT2D eigenvalue weighted by Gasteiger charge is -2.11. The van der Waals surface area contributed by atoms with Gasteiger partial charge >= 0.3 is 0 Å². The molecule has 1 atom stereocenters. The molecule has 0 radical (unpaired) electrons. The summed E-state index contributed by atoms with van der Waals surface area (Å²) in [5, 5.41) is 3.34. The minimum atomic E-state index is -0.124. The van der Waals surface area contributed by atoms with Gasteiger partial charge in [0, 0.05) is 21.9 Å². The van der Waals surface area contributed by atoms with Gasteiger partial charge in [0.15, 0.2) is 6.23 Å². The first-order valence-corrected chi connectivity index (χ1v) is 6.17. The SMILES string of the molecule is Cc1cc(C2Nc3cc(Br)ccc3O2)ccn1. The van der Waals surface area contributed by atoms with E-state index < -0.39 is 0 Å². The number of aromatic nitrogens is 1. The van der Waals surface area contributed by atoms with Crippen molar-refractivity contribution < 1.29 is 4.74 Å². The average Bonchev–Trinajstić information content (AvgIpc) is 2.72. The maximum absolute atomic E-state index is 5.84. The molecule has 1 unspecified atom stereocenters. The number of halogens is 1. The van der Waals surface area contributed by atoms with Gasteiger partial charge in [0.05, 0.1) is 5.69 Å². The summed E-state index contributed by atoms with van der Waals surface area (Å²) < 4.78 is 6.88. The van der Waals surface area contributed by atoms with Gasteiger partial charge in [0.25, 0.3) is 0 Å². The Morgan fingerprint density at radius 1 is 1.29 bits per heavy atom. The molecule has 2 heterocycles. The van der Waals surface area contributed by atoms with E-state index in [1.165, 1.54) is 0 Å². The highest BCUT2D eigenvalue weighted by atomic mass is 79.9. The van der Waals surface area contributed by atoms with E-state index in [9.17, 15) is 0 Å². The minimum Gasteiger partial charge on any atom is -0.464 e. The van der Waals surface area contributed by atoms with E-state index in [1.54, 1.807) is 6.20 Å². The van der Waals surface area contributed by atoms with E-state index in [-0.39, 0.29) is 6.23 Å². The van der Waals surface area contributed by atoms with Crippen LogP contribution >= 0.6 is 15.9 Å². The monoisotopic (exact) mass is 290 g/mol. The van der Waals surface area contributed by atoms with Crippen molar-refractivity contribution in [2.75, 3.05) is 5.32 Å². The third-order valence-electron chi connectivity index (χ3n) is 2.70. The number of benzene rings is 1. The first-order valence-electron chi connectivity index (χ1n) is 5.38. The lowest BCUT2D eigenvalue weighted by atomic mass is 10.2. The summed E-state index contributed by atoms with van der Waals surface area (Å²) in [6, 6.07) is 9.94. The third-order valence-corrected chi connectivity index (χ3v) is 3.19. The number of fused-ring (bicyclic) bond motifs is 1. The number of ether oxygens (including phenoxy) is 1. The number of hydrogen-bond acceptors (Lipinski definition) is 3. The number of aryl methyl sites for hydroxylation is 1. The Hall–Kier alpha value is -1.55. The summed E-state index contributed by atoms with van der Waals surface area (Å²) in [6.45, 7) is 1.97. The molecule has 1 aliphatic rings. The highest BCUT2D eigenvalue weighted by Gasteiger charge is 2.23. The van der Waals surface area contributed by atoms with E-state index in [0.717, 1.165) is 27.2 Å². The molecule has 0 bridgehead atoms. The molecule has 4 heteroatoms. The van der Waals surface area contributed by atoms with E-state index in [4.69, 9.17) is 4.74 Å². The summed E-state index contributed by atoms with van der Waals surface area (Å²) >= 11 is 3.45. The molecule has 0 saturated heterocycles. The second-order valence-corrected chi connectivity index (χ2v) is 4.93. The maximum atomic E-state index is 5.84. The fraction of sp³-hybridized carbons (Fsp3) is 0.154. The number of hydrogen-bond donors (Lipinski definition) is 1. The quantitative estimate of drug-likeness (QED) is 0.870. The van der Waals surface area contributed by atoms with Crippen LogP contribution in [0.1, 0.15) is 17.5 Å². The Labute approximate surface area is 108 Å². The van der Waals surface area contributed by atoms with Crippen LogP contribution in [0.3, 0.4) is 0 Å². The molecule has 1 N–H and O–H groups in total. The Morgan fingerprint density at radius 3 is 3.00 bits per heavy atom. The van der Waals surface area contributed by atoms with Gasteiger partial charge in [-0.25, -0.2) is 0 Å². The zero-order valence-corrected chi connectivity index (χ0v) is 10.9. The minimum absolute atomic E-state index is 0.124. The van der Waals surface area contributed by atoms with Gasteiger partial charge in [-0.1, -0.05) is 15.9 Å². The molecular formula is C13H11BrN2O. The van der Waals surface area contributed by atoms with Crippen molar-refractivity contribution >= 4 is 21.6 Å². The molecule has 0 fully saturated rings. The van der Waals surface area contributed by atoms with Crippen molar-refractivity contribution in [1.29, 1.82) is 0 Å². The van der Waals surface area contributed by atoms with Gasteiger partial charge in [-0.2, -0.15) is 0 Å². The summed E-state index contributed by atoms with van der Waals surface area (Å²) in [6.07, 6.45) is 1.68. The Bertz CT molecular complexity index is 571. The molecule has 17 heavy (non-hydrogen) atoms. The summed E-state index contributed by atoms with van der Waals surface area (Å²) in [7, 11) is 0. The summed E-state index contributed by atoms with van der Waals surface area (Å²) in [5.41, 5.74) is 3.09. The number of rotatable bonds is 1. The van der Waals surface area contributed by atoms with Crippen LogP contribution in [-0.4, -0.2) is 4.98 Å². The molecule has 0 saturated carbocycles. The van der Waals surface area contributed by atoms with Crippen LogP contribution in [0.25, 0.3) is 0 Å². The van der Waals surface area contributed by atoms with Crippen LogP contribution in [0, 0.1) is 6.92 Å². The van der Waals surface area contributed by atoms with Crippen LogP contribution < -0.4 is 10.1 Å². The molecule has 1 aromatic heterocycles. The molecular weight excluding hydrogens is 280 g/mol. The molecule has 2 aromatic rings. The highest BCUT2D eigenvalue weighted by Crippen LogP contribution is 2.39. The Kier molecular flexibility index (Phi) is 2.52. The topological polar surface area (TPSA) is 34.1 Å². The molecule has 3 nitrogen and oxygen atoms in total. The standard InChI is InChI=1S/C13H11BrN2O/c1-8-6-9(4-5-15-8)13-16-11-7-10(14)2-3-12(11)17-13/h2-7,13,16H,1H3. The van der Waals surface area contributed by atoms with Gasteiger partial charge in [-0.05, 0) is 37.3 Å². The van der Waals surface area contributed by atoms with Crippen molar-refractivity contribution in [2.24, 2.45) is 0 Å². The highest BCUT2D eigenvalue weighted by molar-refractivity contribution is 9.10. The second kappa shape index (κ2) is 4.04. The van der Waals surface area contributed by atoms with Crippen molar-refractivity contribution in [2.45, 2.75) is 13.2 Å². The number of anilines is 1. The molecule has 1 aromatic carbocycles. The van der Waals surface area contributed by atoms with Crippen molar-refractivity contribution in [3.63, 3.8) is 0 Å². The predicted molar refractivity (Wildman–Crippen MR) is 70.1 cm³/mol. The zero-order chi connectivity index (χ0) is 11.8. The van der Waals surface area contributed by atoms with E-state index in [2.05, 4.69) is 26.2 Å². The molecule has 0 amide bonds. The maximum Gasteiger partial charge on any atom is 0.196 e. The van der Waals surface area contributed by atoms with E-state index in [1.807, 2.05) is 37.3 Å². The van der Waals surface area contributed by atoms with Gasteiger partial charge in [0.1, 0.15) is 5.75 Å². The van der Waals surface area contributed by atoms with Gasteiger partial charge in [-0.15, -0.1) is 0 Å². The fourth-order valence-corrected chi connectivity index (χ4v) is 2.26. The van der Waals surface area contributed by atoms with Crippen molar-refractivity contribution in [3.05, 3.63) is 52.3 Å². The van der Waals surface area contributed by atoms with Crippen LogP contribution in [0.5, 0.6) is 5.75 Å². The molecule has 86 valence electrons. The zero-order valence-electron chi connectivity index (χ0n) is 9.27. The largest absolute Gasteiger partial charge is 0.464 e. The number of nitrogens with one attached hydrogen (secondary N) is 1. The van der Waals surface area contributed by atoms with Gasteiger partial charge in [-0.3, -0.25) is 4.98 Å². The molecule has 0 spiro atoms. The lowest BCUT2D eigenvalue weighted by Crippen LogP contribution is -2.10. The molecule has 1 aliphatic heterocycles. The first kappa shape index (κ1) is 10.6. The summed E-state index contributed by atoms with van der Waals surface area (Å²) in [5.74, 6) is 0.882. The van der Waals surface area contributed by atoms with Crippen LogP contribution in [0.2, 0.25) is 0 Å². The van der Waals surface area contributed by atoms with Gasteiger partial charge in [0.2, 0.25) is 0 Å². The summed E-state index contributed by atoms with van der Waals surface area (Å²) in [4.78, 5) is 4.18. The first-order chi connectivity index (χ1) is 8.22. The van der Waals surface area contributed by atoms with Gasteiger partial charge < -0.3 is 10.1 Å². The Balaban J connectivity index is 1.91. The van der Waals surface area contributed by atoms with Crippen molar-refractivity contribution in [3.8, 4) is 5.75 Å².